The molecule has 0 fully saturated rings. The highest BCUT2D eigenvalue weighted by molar-refractivity contribution is 7.09. The predicted octanol–water partition coefficient (Wildman–Crippen LogP) is 2.44. The lowest BCUT2D eigenvalue weighted by atomic mass is 10.2. The van der Waals surface area contributed by atoms with Crippen LogP contribution in [0.1, 0.15) is 24.3 Å². The van der Waals surface area contributed by atoms with Crippen molar-refractivity contribution >= 4 is 28.4 Å². The number of carbonyl (C=O) groups is 1. The molecule has 4 aromatic rings. The first kappa shape index (κ1) is 21.8. The van der Waals surface area contributed by atoms with E-state index in [1.165, 1.54) is 15.9 Å². The smallest absolute Gasteiger partial charge is 0.333 e. The number of amides is 1. The largest absolute Gasteiger partial charge is 0.350 e. The molecule has 0 unspecified atom stereocenters. The van der Waals surface area contributed by atoms with Crippen molar-refractivity contribution in [3.05, 3.63) is 85.5 Å². The van der Waals surface area contributed by atoms with E-state index >= 15 is 0 Å². The molecule has 1 N–H and O–H groups in total. The van der Waals surface area contributed by atoms with Crippen LogP contribution in [-0.2, 0) is 31.0 Å². The maximum absolute atomic E-state index is 13.3. The van der Waals surface area contributed by atoms with Crippen molar-refractivity contribution in [1.82, 2.24) is 24.0 Å². The van der Waals surface area contributed by atoms with Crippen molar-refractivity contribution in [2.24, 2.45) is 5.92 Å². The molecule has 0 aliphatic heterocycles. The second-order valence-corrected chi connectivity index (χ2v) is 9.10. The van der Waals surface area contributed by atoms with Crippen LogP contribution in [0.3, 0.4) is 0 Å². The maximum atomic E-state index is 13.3. The van der Waals surface area contributed by atoms with Gasteiger partial charge in [0.05, 0.1) is 19.4 Å². The molecule has 0 saturated carbocycles. The second kappa shape index (κ2) is 9.35. The summed E-state index contributed by atoms with van der Waals surface area (Å²) in [5, 5.41) is 4.72. The van der Waals surface area contributed by atoms with Crippen LogP contribution in [0.15, 0.2) is 63.8 Å². The summed E-state index contributed by atoms with van der Waals surface area (Å²) in [5.41, 5.74) is 0.521. The van der Waals surface area contributed by atoms with E-state index in [0.29, 0.717) is 24.3 Å². The van der Waals surface area contributed by atoms with Crippen molar-refractivity contribution in [2.75, 3.05) is 0 Å². The van der Waals surface area contributed by atoms with Crippen LogP contribution in [0.5, 0.6) is 0 Å². The normalized spacial score (nSPS) is 11.3. The zero-order valence-corrected chi connectivity index (χ0v) is 18.8. The quantitative estimate of drug-likeness (QED) is 0.446. The van der Waals surface area contributed by atoms with Gasteiger partial charge in [-0.25, -0.2) is 14.3 Å². The number of nitrogens with zero attached hydrogens (tertiary/aromatic N) is 4. The number of carbonyl (C=O) groups excluding carboxylic acids is 1. The Bertz CT molecular complexity index is 1330. The Morgan fingerprint density at radius 1 is 1.09 bits per heavy atom. The summed E-state index contributed by atoms with van der Waals surface area (Å²) in [5.74, 6) is -0.109. The number of nitrogens with one attached hydrogen (secondary N) is 1. The van der Waals surface area contributed by atoms with Gasteiger partial charge in [-0.1, -0.05) is 50.2 Å². The number of hydrogen-bond acceptors (Lipinski definition) is 5. The van der Waals surface area contributed by atoms with E-state index in [1.54, 1.807) is 10.9 Å². The maximum Gasteiger partial charge on any atom is 0.333 e. The lowest BCUT2D eigenvalue weighted by Gasteiger charge is -2.13. The fourth-order valence-corrected chi connectivity index (χ4v) is 4.26. The number of rotatable bonds is 8. The molecule has 0 aliphatic carbocycles. The van der Waals surface area contributed by atoms with E-state index < -0.39 is 17.2 Å². The standard InChI is InChI=1S/C23H25N5O3S/c1-16(2)12-26-15-25-21-20(26)22(30)28(14-19(29)24-11-18-9-6-10-32-18)23(31)27(21)13-17-7-4-3-5-8-17/h3-10,15-16H,11-14H2,1-2H3,(H,24,29). The van der Waals surface area contributed by atoms with E-state index in [4.69, 9.17) is 0 Å². The third kappa shape index (κ3) is 4.57. The molecule has 1 amide bonds. The van der Waals surface area contributed by atoms with Crippen LogP contribution >= 0.6 is 11.3 Å². The molecule has 32 heavy (non-hydrogen) atoms. The summed E-state index contributed by atoms with van der Waals surface area (Å²) in [7, 11) is 0. The fourth-order valence-electron chi connectivity index (χ4n) is 3.62. The van der Waals surface area contributed by atoms with Crippen molar-refractivity contribution < 1.29 is 4.79 Å². The summed E-state index contributed by atoms with van der Waals surface area (Å²) in [6.45, 7) is 4.94. The summed E-state index contributed by atoms with van der Waals surface area (Å²) in [6, 6.07) is 13.3. The molecule has 0 aliphatic rings. The van der Waals surface area contributed by atoms with Gasteiger partial charge >= 0.3 is 5.69 Å². The Labute approximate surface area is 188 Å². The molecule has 9 heteroatoms. The van der Waals surface area contributed by atoms with Crippen LogP contribution in [-0.4, -0.2) is 24.6 Å². The summed E-state index contributed by atoms with van der Waals surface area (Å²) in [6.07, 6.45) is 1.59. The first-order valence-electron chi connectivity index (χ1n) is 10.5. The molecule has 8 nitrogen and oxygen atoms in total. The fraction of sp³-hybridized carbons (Fsp3) is 0.304. The minimum atomic E-state index is -0.549. The Balaban J connectivity index is 1.75. The zero-order valence-electron chi connectivity index (χ0n) is 18.0. The van der Waals surface area contributed by atoms with E-state index in [2.05, 4.69) is 10.3 Å². The summed E-state index contributed by atoms with van der Waals surface area (Å²) in [4.78, 5) is 44.6. The van der Waals surface area contributed by atoms with Gasteiger partial charge in [0.15, 0.2) is 11.2 Å². The zero-order chi connectivity index (χ0) is 22.7. The van der Waals surface area contributed by atoms with Gasteiger partial charge in [-0.2, -0.15) is 0 Å². The number of fused-ring (bicyclic) bond motifs is 1. The minimum Gasteiger partial charge on any atom is -0.350 e. The second-order valence-electron chi connectivity index (χ2n) is 8.06. The Morgan fingerprint density at radius 3 is 2.56 bits per heavy atom. The Morgan fingerprint density at radius 2 is 1.88 bits per heavy atom. The van der Waals surface area contributed by atoms with Gasteiger partial charge in [-0.3, -0.25) is 14.2 Å². The molecule has 3 aromatic heterocycles. The van der Waals surface area contributed by atoms with Crippen LogP contribution in [0.4, 0.5) is 0 Å². The van der Waals surface area contributed by atoms with Gasteiger partial charge in [0.2, 0.25) is 5.91 Å². The van der Waals surface area contributed by atoms with Gasteiger partial charge in [0.1, 0.15) is 6.54 Å². The number of aromatic nitrogens is 4. The summed E-state index contributed by atoms with van der Waals surface area (Å²) >= 11 is 1.53. The van der Waals surface area contributed by atoms with Gasteiger partial charge in [0.25, 0.3) is 5.56 Å². The lowest BCUT2D eigenvalue weighted by Crippen LogP contribution is -2.44. The topological polar surface area (TPSA) is 90.9 Å². The highest BCUT2D eigenvalue weighted by Crippen LogP contribution is 2.12. The van der Waals surface area contributed by atoms with Gasteiger partial charge in [0, 0.05) is 11.4 Å². The monoisotopic (exact) mass is 451 g/mol. The van der Waals surface area contributed by atoms with E-state index in [1.807, 2.05) is 61.7 Å². The molecule has 0 bridgehead atoms. The van der Waals surface area contributed by atoms with E-state index in [9.17, 15) is 14.4 Å². The third-order valence-corrected chi connectivity index (χ3v) is 5.95. The lowest BCUT2D eigenvalue weighted by molar-refractivity contribution is -0.121. The van der Waals surface area contributed by atoms with E-state index in [0.717, 1.165) is 15.0 Å². The third-order valence-electron chi connectivity index (χ3n) is 5.07. The SMILES string of the molecule is CC(C)Cn1cnc2c1c(=O)n(CC(=O)NCc1cccs1)c(=O)n2Cc1ccccc1. The average molecular weight is 452 g/mol. The van der Waals surface area contributed by atoms with Crippen LogP contribution in [0.25, 0.3) is 11.2 Å². The highest BCUT2D eigenvalue weighted by Gasteiger charge is 2.20. The molecule has 4 rings (SSSR count). The first-order valence-corrected chi connectivity index (χ1v) is 11.3. The highest BCUT2D eigenvalue weighted by atomic mass is 32.1. The van der Waals surface area contributed by atoms with Crippen LogP contribution in [0.2, 0.25) is 0 Å². The first-order chi connectivity index (χ1) is 15.4. The molecule has 0 atom stereocenters. The molecule has 0 saturated heterocycles. The van der Waals surface area contributed by atoms with Gasteiger partial charge in [-0.05, 0) is 22.9 Å². The Hall–Kier alpha value is -3.46. The minimum absolute atomic E-state index is 0.256. The predicted molar refractivity (Wildman–Crippen MR) is 125 cm³/mol. The number of hydrogen-bond donors (Lipinski definition) is 1. The van der Waals surface area contributed by atoms with Gasteiger partial charge in [-0.15, -0.1) is 11.3 Å². The molecular formula is C23H25N5O3S. The van der Waals surface area contributed by atoms with Crippen molar-refractivity contribution in [1.29, 1.82) is 0 Å². The number of imidazole rings is 1. The number of benzene rings is 1. The molecule has 166 valence electrons. The van der Waals surface area contributed by atoms with E-state index in [-0.39, 0.29) is 19.0 Å². The summed E-state index contributed by atoms with van der Waals surface area (Å²) < 4.78 is 4.24. The molecular weight excluding hydrogens is 426 g/mol. The molecule has 0 radical (unpaired) electrons. The van der Waals surface area contributed by atoms with Gasteiger partial charge < -0.3 is 9.88 Å². The van der Waals surface area contributed by atoms with Crippen LogP contribution in [0, 0.1) is 5.92 Å². The molecule has 3 heterocycles. The number of thiophene rings is 1. The van der Waals surface area contributed by atoms with Crippen molar-refractivity contribution in [3.8, 4) is 0 Å². The van der Waals surface area contributed by atoms with Crippen molar-refractivity contribution in [3.63, 3.8) is 0 Å². The van der Waals surface area contributed by atoms with Crippen molar-refractivity contribution in [2.45, 2.75) is 40.0 Å². The molecule has 1 aromatic carbocycles. The molecule has 0 spiro atoms. The average Bonchev–Trinajstić information content (AvgIpc) is 3.43. The Kier molecular flexibility index (Phi) is 6.36. The van der Waals surface area contributed by atoms with Crippen LogP contribution < -0.4 is 16.6 Å².